The Labute approximate surface area is 101 Å². The number of pyridine rings is 1. The summed E-state index contributed by atoms with van der Waals surface area (Å²) in [5.74, 6) is 0. The Hall–Kier alpha value is -0.0900. The molecule has 3 nitrogen and oxygen atoms in total. The van der Waals surface area contributed by atoms with Gasteiger partial charge in [-0.25, -0.2) is 13.4 Å². The normalized spacial score (nSPS) is 12.9. The van der Waals surface area contributed by atoms with Crippen molar-refractivity contribution in [2.75, 3.05) is 0 Å². The Morgan fingerprint density at radius 3 is 2.27 bits per heavy atom. The second-order valence-electron chi connectivity index (χ2n) is 2.45. The zero-order chi connectivity index (χ0) is 11.9. The van der Waals surface area contributed by atoms with Gasteiger partial charge < -0.3 is 0 Å². The lowest BCUT2D eigenvalue weighted by atomic mass is 10.3. The van der Waals surface area contributed by atoms with Crippen LogP contribution < -0.4 is 0 Å². The Morgan fingerprint density at radius 2 is 1.87 bits per heavy atom. The van der Waals surface area contributed by atoms with Gasteiger partial charge in [0.15, 0.2) is 0 Å². The maximum Gasteiger partial charge on any atom is 0.433 e. The van der Waals surface area contributed by atoms with Gasteiger partial charge in [0.2, 0.25) is 0 Å². The van der Waals surface area contributed by atoms with Gasteiger partial charge in [-0.05, 0) is 34.7 Å². The lowest BCUT2D eigenvalue weighted by Crippen LogP contribution is -2.10. The molecule has 0 aromatic carbocycles. The molecule has 9 heteroatoms. The molecular weight excluding hydrogens is 369 g/mol. The Balaban J connectivity index is 3.43. The molecule has 0 amide bonds. The number of alkyl halides is 3. The topological polar surface area (TPSA) is 47.0 Å². The molecule has 1 aromatic heterocycles. The lowest BCUT2D eigenvalue weighted by Gasteiger charge is -2.07. The molecule has 0 bridgehead atoms. The molecule has 0 N–H and O–H groups in total. The smallest absolute Gasteiger partial charge is 0.237 e. The molecule has 1 aromatic rings. The SMILES string of the molecule is O=S(=O)(Cl)c1cc(I)nc(C(F)(F)F)c1. The van der Waals surface area contributed by atoms with Crippen molar-refractivity contribution >= 4 is 42.3 Å². The summed E-state index contributed by atoms with van der Waals surface area (Å²) in [6, 6.07) is 1.35. The largest absolute Gasteiger partial charge is 0.433 e. The summed E-state index contributed by atoms with van der Waals surface area (Å²) in [4.78, 5) is 2.54. The number of hydrogen-bond donors (Lipinski definition) is 0. The average Bonchev–Trinajstić information content (AvgIpc) is 1.99. The first-order valence-electron chi connectivity index (χ1n) is 3.30. The van der Waals surface area contributed by atoms with E-state index in [1.54, 1.807) is 0 Å². The third kappa shape index (κ3) is 3.45. The summed E-state index contributed by atoms with van der Waals surface area (Å²) in [6.45, 7) is 0. The van der Waals surface area contributed by atoms with E-state index >= 15 is 0 Å². The van der Waals surface area contributed by atoms with E-state index in [2.05, 4.69) is 4.98 Å². The summed E-state index contributed by atoms with van der Waals surface area (Å²) in [5.41, 5.74) is -1.28. The standard InChI is InChI=1S/C6H2ClF3INO2S/c7-15(13,14)3-1-4(6(8,9)10)12-5(11)2-3/h1-2H. The molecule has 0 saturated heterocycles. The first kappa shape index (κ1) is 13.0. The van der Waals surface area contributed by atoms with Gasteiger partial charge in [0.25, 0.3) is 9.05 Å². The van der Waals surface area contributed by atoms with Crippen molar-refractivity contribution in [2.24, 2.45) is 0 Å². The predicted octanol–water partition coefficient (Wildman–Crippen LogP) is 2.63. The van der Waals surface area contributed by atoms with Crippen LogP contribution in [0.3, 0.4) is 0 Å². The van der Waals surface area contributed by atoms with Crippen molar-refractivity contribution in [3.63, 3.8) is 0 Å². The molecule has 0 aliphatic rings. The van der Waals surface area contributed by atoms with Gasteiger partial charge in [-0.3, -0.25) is 0 Å². The number of rotatable bonds is 1. The van der Waals surface area contributed by atoms with Crippen LogP contribution in [-0.2, 0) is 15.2 Å². The van der Waals surface area contributed by atoms with Crippen molar-refractivity contribution in [1.82, 2.24) is 4.98 Å². The molecule has 1 rings (SSSR count). The molecule has 0 spiro atoms. The second-order valence-corrected chi connectivity index (χ2v) is 6.12. The number of aromatic nitrogens is 1. The second kappa shape index (κ2) is 4.06. The third-order valence-corrected chi connectivity index (χ3v) is 3.23. The van der Waals surface area contributed by atoms with Crippen molar-refractivity contribution < 1.29 is 21.6 Å². The van der Waals surface area contributed by atoms with Crippen LogP contribution >= 0.6 is 33.3 Å². The van der Waals surface area contributed by atoms with Gasteiger partial charge in [0.05, 0.1) is 4.90 Å². The van der Waals surface area contributed by atoms with E-state index in [4.69, 9.17) is 10.7 Å². The van der Waals surface area contributed by atoms with E-state index in [0.717, 1.165) is 6.07 Å². The summed E-state index contributed by atoms with van der Waals surface area (Å²) >= 11 is 1.48. The minimum absolute atomic E-state index is 0.0957. The van der Waals surface area contributed by atoms with Crippen LogP contribution in [0.1, 0.15) is 5.69 Å². The van der Waals surface area contributed by atoms with Gasteiger partial charge in [-0.1, -0.05) is 0 Å². The van der Waals surface area contributed by atoms with Crippen molar-refractivity contribution in [3.05, 3.63) is 21.5 Å². The van der Waals surface area contributed by atoms with Crippen LogP contribution in [0.5, 0.6) is 0 Å². The number of nitrogens with zero attached hydrogens (tertiary/aromatic N) is 1. The fourth-order valence-electron chi connectivity index (χ4n) is 0.759. The molecule has 0 unspecified atom stereocenters. The molecule has 84 valence electrons. The summed E-state index contributed by atoms with van der Waals surface area (Å²) in [7, 11) is 0.746. The molecule has 0 saturated carbocycles. The first-order valence-corrected chi connectivity index (χ1v) is 6.69. The maximum atomic E-state index is 12.2. The maximum absolute atomic E-state index is 12.2. The Morgan fingerprint density at radius 1 is 1.33 bits per heavy atom. The minimum atomic E-state index is -4.70. The zero-order valence-corrected chi connectivity index (χ0v) is 10.4. The van der Waals surface area contributed by atoms with E-state index in [1.807, 2.05) is 0 Å². The summed E-state index contributed by atoms with van der Waals surface area (Å²) in [5, 5.41) is 0. The van der Waals surface area contributed by atoms with Crippen LogP contribution in [-0.4, -0.2) is 13.4 Å². The first-order chi connectivity index (χ1) is 6.60. The highest BCUT2D eigenvalue weighted by molar-refractivity contribution is 14.1. The van der Waals surface area contributed by atoms with Crippen molar-refractivity contribution in [3.8, 4) is 0 Å². The monoisotopic (exact) mass is 371 g/mol. The highest BCUT2D eigenvalue weighted by Crippen LogP contribution is 2.30. The van der Waals surface area contributed by atoms with E-state index in [-0.39, 0.29) is 3.70 Å². The van der Waals surface area contributed by atoms with Crippen LogP contribution in [0.15, 0.2) is 17.0 Å². The van der Waals surface area contributed by atoms with Gasteiger partial charge >= 0.3 is 6.18 Å². The van der Waals surface area contributed by atoms with Gasteiger partial charge in [0, 0.05) is 10.7 Å². The number of hydrogen-bond acceptors (Lipinski definition) is 3. The van der Waals surface area contributed by atoms with Crippen LogP contribution in [0, 0.1) is 3.70 Å². The third-order valence-electron chi connectivity index (χ3n) is 1.34. The fourth-order valence-corrected chi connectivity index (χ4v) is 2.34. The fraction of sp³-hybridized carbons (Fsp3) is 0.167. The van der Waals surface area contributed by atoms with Crippen molar-refractivity contribution in [2.45, 2.75) is 11.1 Å². The molecule has 0 fully saturated rings. The van der Waals surface area contributed by atoms with E-state index < -0.39 is 25.8 Å². The van der Waals surface area contributed by atoms with E-state index in [9.17, 15) is 21.6 Å². The minimum Gasteiger partial charge on any atom is -0.237 e. The van der Waals surface area contributed by atoms with Crippen LogP contribution in [0.4, 0.5) is 13.2 Å². The molecule has 15 heavy (non-hydrogen) atoms. The highest BCUT2D eigenvalue weighted by Gasteiger charge is 2.34. The Bertz CT molecular complexity index is 488. The summed E-state index contributed by atoms with van der Waals surface area (Å²) < 4.78 is 58.3. The van der Waals surface area contributed by atoms with Crippen LogP contribution in [0.2, 0.25) is 0 Å². The van der Waals surface area contributed by atoms with E-state index in [1.165, 1.54) is 22.6 Å². The molecular formula is C6H2ClF3INO2S. The average molecular weight is 372 g/mol. The Kier molecular flexibility index (Phi) is 3.51. The van der Waals surface area contributed by atoms with Gasteiger partial charge in [-0.15, -0.1) is 0 Å². The van der Waals surface area contributed by atoms with Gasteiger partial charge in [-0.2, -0.15) is 13.2 Å². The molecule has 0 radical (unpaired) electrons. The van der Waals surface area contributed by atoms with Crippen molar-refractivity contribution in [1.29, 1.82) is 0 Å². The predicted molar refractivity (Wildman–Crippen MR) is 55.0 cm³/mol. The molecule has 0 atom stereocenters. The highest BCUT2D eigenvalue weighted by atomic mass is 127. The zero-order valence-electron chi connectivity index (χ0n) is 6.72. The number of halogens is 5. The van der Waals surface area contributed by atoms with Gasteiger partial charge in [0.1, 0.15) is 9.39 Å². The molecule has 1 heterocycles. The molecule has 0 aliphatic heterocycles. The lowest BCUT2D eigenvalue weighted by molar-refractivity contribution is -0.141. The van der Waals surface area contributed by atoms with Crippen LogP contribution in [0.25, 0.3) is 0 Å². The summed E-state index contributed by atoms with van der Waals surface area (Å²) in [6.07, 6.45) is -4.70. The quantitative estimate of drug-likeness (QED) is 0.433. The molecule has 0 aliphatic carbocycles. The van der Waals surface area contributed by atoms with E-state index in [0.29, 0.717) is 6.07 Å².